The van der Waals surface area contributed by atoms with Gasteiger partial charge in [-0.15, -0.1) is 0 Å². The molecule has 40 heavy (non-hydrogen) atoms. The Morgan fingerprint density at radius 1 is 0.975 bits per heavy atom. The zero-order chi connectivity index (χ0) is 27.2. The van der Waals surface area contributed by atoms with Crippen molar-refractivity contribution in [3.8, 4) is 11.3 Å². The van der Waals surface area contributed by atoms with E-state index in [1.807, 2.05) is 47.0 Å². The van der Waals surface area contributed by atoms with Gasteiger partial charge in [0.05, 0.1) is 28.9 Å². The molecule has 0 N–H and O–H groups in total. The minimum atomic E-state index is -0.388. The fourth-order valence-electron chi connectivity index (χ4n) is 5.56. The van der Waals surface area contributed by atoms with Crippen LogP contribution in [0.1, 0.15) is 45.3 Å². The maximum absolute atomic E-state index is 13.9. The second kappa shape index (κ2) is 9.77. The number of nitrogens with zero attached hydrogens (tertiary/aromatic N) is 2. The van der Waals surface area contributed by atoms with Crippen LogP contribution < -0.4 is 14.9 Å². The molecule has 0 radical (unpaired) electrons. The number of hydrogen-bond donors (Lipinski definition) is 0. The number of aryl methyl sites for hydroxylation is 1. The van der Waals surface area contributed by atoms with Gasteiger partial charge in [-0.25, -0.2) is 9.79 Å². The molecule has 5 aromatic rings. The van der Waals surface area contributed by atoms with Crippen LogP contribution in [-0.2, 0) is 11.2 Å². The largest absolute Gasteiger partial charge is 0.465 e. The number of fused-ring (bicyclic) bond motifs is 3. The first-order valence-corrected chi connectivity index (χ1v) is 13.9. The first kappa shape index (κ1) is 24.3. The molecule has 196 valence electrons. The fourth-order valence-corrected chi connectivity index (χ4v) is 6.54. The summed E-state index contributed by atoms with van der Waals surface area (Å²) in [5.74, 6) is 0.827. The van der Waals surface area contributed by atoms with Crippen molar-refractivity contribution in [1.82, 2.24) is 4.57 Å². The lowest BCUT2D eigenvalue weighted by molar-refractivity contribution is 0.0600. The Balaban J connectivity index is 1.33. The molecule has 0 fully saturated rings. The van der Waals surface area contributed by atoms with E-state index in [-0.39, 0.29) is 17.6 Å². The molecule has 0 spiro atoms. The summed E-state index contributed by atoms with van der Waals surface area (Å²) in [6.45, 7) is 0. The number of benzene rings is 3. The van der Waals surface area contributed by atoms with Crippen molar-refractivity contribution in [2.24, 2.45) is 4.99 Å². The summed E-state index contributed by atoms with van der Waals surface area (Å²) in [5.41, 5.74) is 6.89. The second-order valence-electron chi connectivity index (χ2n) is 9.80. The maximum Gasteiger partial charge on any atom is 0.337 e. The molecule has 7 rings (SSSR count). The second-order valence-corrected chi connectivity index (χ2v) is 10.8. The van der Waals surface area contributed by atoms with Crippen LogP contribution >= 0.6 is 11.3 Å². The molecule has 6 nitrogen and oxygen atoms in total. The van der Waals surface area contributed by atoms with Gasteiger partial charge in [0, 0.05) is 17.2 Å². The van der Waals surface area contributed by atoms with Crippen molar-refractivity contribution in [2.45, 2.75) is 18.9 Å². The number of ether oxygens (including phenoxy) is 1. The minimum Gasteiger partial charge on any atom is -0.465 e. The van der Waals surface area contributed by atoms with Gasteiger partial charge in [0.2, 0.25) is 0 Å². The molecule has 2 aromatic heterocycles. The minimum absolute atomic E-state index is 0.0802. The molecule has 0 unspecified atom stereocenters. The summed E-state index contributed by atoms with van der Waals surface area (Å²) < 4.78 is 13.3. The van der Waals surface area contributed by atoms with Crippen LogP contribution in [0.4, 0.5) is 0 Å². The van der Waals surface area contributed by atoms with Gasteiger partial charge in [0.15, 0.2) is 4.80 Å². The molecule has 1 atom stereocenters. The number of furan rings is 1. The molecule has 1 aliphatic carbocycles. The van der Waals surface area contributed by atoms with E-state index in [1.54, 1.807) is 18.2 Å². The Morgan fingerprint density at radius 2 is 1.75 bits per heavy atom. The summed E-state index contributed by atoms with van der Waals surface area (Å²) in [5, 5.41) is 0. The van der Waals surface area contributed by atoms with E-state index < -0.39 is 0 Å². The van der Waals surface area contributed by atoms with Gasteiger partial charge in [-0.05, 0) is 53.8 Å². The number of carbonyl (C=O) groups excluding carboxylic acids is 1. The Morgan fingerprint density at radius 3 is 2.55 bits per heavy atom. The average Bonchev–Trinajstić information content (AvgIpc) is 3.60. The highest BCUT2D eigenvalue weighted by atomic mass is 32.1. The quantitative estimate of drug-likeness (QED) is 0.286. The predicted molar refractivity (Wildman–Crippen MR) is 155 cm³/mol. The number of rotatable bonds is 4. The third-order valence-corrected chi connectivity index (χ3v) is 8.46. The van der Waals surface area contributed by atoms with Crippen LogP contribution in [0.2, 0.25) is 0 Å². The van der Waals surface area contributed by atoms with E-state index >= 15 is 0 Å². The highest BCUT2D eigenvalue weighted by molar-refractivity contribution is 7.07. The van der Waals surface area contributed by atoms with E-state index in [0.29, 0.717) is 26.4 Å². The molecule has 1 aliphatic heterocycles. The zero-order valence-electron chi connectivity index (χ0n) is 21.7. The fraction of sp³-hybridized carbons (Fsp3) is 0.121. The van der Waals surface area contributed by atoms with Crippen molar-refractivity contribution in [3.05, 3.63) is 144 Å². The monoisotopic (exact) mass is 544 g/mol. The van der Waals surface area contributed by atoms with E-state index in [4.69, 9.17) is 14.1 Å². The summed E-state index contributed by atoms with van der Waals surface area (Å²) in [4.78, 5) is 31.4. The van der Waals surface area contributed by atoms with E-state index in [2.05, 4.69) is 36.4 Å². The summed E-state index contributed by atoms with van der Waals surface area (Å²) in [7, 11) is 1.36. The molecule has 7 heteroatoms. The predicted octanol–water partition coefficient (Wildman–Crippen LogP) is 5.37. The van der Waals surface area contributed by atoms with Crippen LogP contribution in [0, 0.1) is 0 Å². The Kier molecular flexibility index (Phi) is 5.94. The number of methoxy groups -OCH3 is 1. The van der Waals surface area contributed by atoms with Gasteiger partial charge >= 0.3 is 5.97 Å². The smallest absolute Gasteiger partial charge is 0.337 e. The average molecular weight is 545 g/mol. The van der Waals surface area contributed by atoms with Crippen LogP contribution in [0.5, 0.6) is 0 Å². The molecule has 0 saturated heterocycles. The first-order valence-electron chi connectivity index (χ1n) is 13.1. The molecule has 3 heterocycles. The topological polar surface area (TPSA) is 73.8 Å². The number of thiazole rings is 1. The van der Waals surface area contributed by atoms with Crippen LogP contribution in [-0.4, -0.2) is 17.6 Å². The Hall–Kier alpha value is -4.75. The van der Waals surface area contributed by atoms with Gasteiger partial charge in [-0.1, -0.05) is 78.1 Å². The standard InChI is InChI=1S/C33H24N2O4S/c1-38-32(37)23-13-11-21(12-14-23)27-18-16-24(39-27)19-28-31(36)35-30(22-8-3-2-4-9-22)26-17-15-20-7-5-6-10-25(20)29(26)34-33(35)40-28/h2-14,16,18-19,30H,15,17H2,1H3/b28-19-/t30-/m0/s1. The van der Waals surface area contributed by atoms with Crippen molar-refractivity contribution in [3.63, 3.8) is 0 Å². The lowest BCUT2D eigenvalue weighted by Crippen LogP contribution is -2.38. The highest BCUT2D eigenvalue weighted by Crippen LogP contribution is 2.41. The van der Waals surface area contributed by atoms with Crippen molar-refractivity contribution < 1.29 is 13.9 Å². The number of carbonyl (C=O) groups is 1. The van der Waals surface area contributed by atoms with Crippen LogP contribution in [0.3, 0.4) is 0 Å². The third-order valence-electron chi connectivity index (χ3n) is 7.48. The molecule has 2 aliphatic rings. The number of hydrogen-bond acceptors (Lipinski definition) is 6. The molecule has 0 saturated carbocycles. The summed E-state index contributed by atoms with van der Waals surface area (Å²) in [6.07, 6.45) is 3.57. The van der Waals surface area contributed by atoms with Gasteiger partial charge in [0.1, 0.15) is 11.5 Å². The Bertz CT molecular complexity index is 1980. The molecule has 0 amide bonds. The lowest BCUT2D eigenvalue weighted by atomic mass is 9.83. The summed E-state index contributed by atoms with van der Waals surface area (Å²) in [6, 6.07) is 29.1. The van der Waals surface area contributed by atoms with Gasteiger partial charge < -0.3 is 9.15 Å². The highest BCUT2D eigenvalue weighted by Gasteiger charge is 2.32. The number of esters is 1. The maximum atomic E-state index is 13.9. The van der Waals surface area contributed by atoms with Crippen molar-refractivity contribution in [2.75, 3.05) is 7.11 Å². The van der Waals surface area contributed by atoms with Crippen molar-refractivity contribution in [1.29, 1.82) is 0 Å². The number of aromatic nitrogens is 1. The molecular weight excluding hydrogens is 520 g/mol. The van der Waals surface area contributed by atoms with Gasteiger partial charge in [-0.3, -0.25) is 9.36 Å². The van der Waals surface area contributed by atoms with Crippen LogP contribution in [0.25, 0.3) is 23.1 Å². The molecular formula is C33H24N2O4S. The van der Waals surface area contributed by atoms with Gasteiger partial charge in [0.25, 0.3) is 5.56 Å². The molecule has 0 bridgehead atoms. The SMILES string of the molecule is COC(=O)c1ccc(-c2ccc(/C=c3\sc4n(c3=O)[C@@H](c3ccccc3)C3=C(N=4)c4ccccc4CC3)o2)cc1. The van der Waals surface area contributed by atoms with Crippen molar-refractivity contribution >= 4 is 29.1 Å². The lowest BCUT2D eigenvalue weighted by Gasteiger charge is -2.30. The summed E-state index contributed by atoms with van der Waals surface area (Å²) >= 11 is 1.38. The zero-order valence-corrected chi connectivity index (χ0v) is 22.5. The van der Waals surface area contributed by atoms with Crippen LogP contribution in [0.15, 0.2) is 111 Å². The normalized spacial score (nSPS) is 16.1. The van der Waals surface area contributed by atoms with E-state index in [0.717, 1.165) is 35.2 Å². The van der Waals surface area contributed by atoms with E-state index in [1.165, 1.54) is 29.6 Å². The first-order chi connectivity index (χ1) is 19.6. The Labute approximate surface area is 233 Å². The third kappa shape index (κ3) is 4.06. The van der Waals surface area contributed by atoms with Gasteiger partial charge in [-0.2, -0.15) is 0 Å². The molecule has 3 aromatic carbocycles. The van der Waals surface area contributed by atoms with E-state index in [9.17, 15) is 9.59 Å². The number of allylic oxidation sites excluding steroid dienone is 1.